The van der Waals surface area contributed by atoms with Crippen LogP contribution in [0.1, 0.15) is 64.8 Å². The summed E-state index contributed by atoms with van der Waals surface area (Å²) in [7, 11) is 0. The molecule has 1 aliphatic carbocycles. The molecule has 5 aliphatic rings. The van der Waals surface area contributed by atoms with Crippen LogP contribution >= 0.6 is 15.9 Å². The molecule has 5 heterocycles. The smallest absolute Gasteiger partial charge is 0.283 e. The number of nitrogens with zero attached hydrogens (tertiary/aromatic N) is 4. The molecule has 49 heavy (non-hydrogen) atoms. The van der Waals surface area contributed by atoms with E-state index in [1.54, 1.807) is 17.2 Å². The number of carbonyl (C=O) groups is 4. The molecule has 1 aromatic heterocycles. The first-order chi connectivity index (χ1) is 23.4. The summed E-state index contributed by atoms with van der Waals surface area (Å²) in [4.78, 5) is 59.1. The van der Waals surface area contributed by atoms with Gasteiger partial charge in [0.05, 0.1) is 36.0 Å². The summed E-state index contributed by atoms with van der Waals surface area (Å²) >= 11 is 3.44. The van der Waals surface area contributed by atoms with Crippen LogP contribution in [0, 0.1) is 6.92 Å². The lowest BCUT2D eigenvalue weighted by atomic mass is 9.92. The first kappa shape index (κ1) is 33.9. The summed E-state index contributed by atoms with van der Waals surface area (Å²) < 4.78 is 48.4. The van der Waals surface area contributed by atoms with Gasteiger partial charge in [0.2, 0.25) is 11.8 Å². The van der Waals surface area contributed by atoms with Crippen LogP contribution in [-0.2, 0) is 19.1 Å². The molecule has 7 rings (SSSR count). The number of amides is 4. The van der Waals surface area contributed by atoms with Gasteiger partial charge in [0, 0.05) is 56.1 Å². The highest BCUT2D eigenvalue weighted by Crippen LogP contribution is 2.34. The first-order valence-corrected chi connectivity index (χ1v) is 17.5. The van der Waals surface area contributed by atoms with Crippen LogP contribution < -0.4 is 15.0 Å². The van der Waals surface area contributed by atoms with Gasteiger partial charge < -0.3 is 19.1 Å². The zero-order valence-corrected chi connectivity index (χ0v) is 28.6. The topological polar surface area (TPSA) is 131 Å². The Labute approximate surface area is 290 Å². The molecule has 1 aromatic carbocycles. The number of nitrogens with one attached hydrogen (secondary N) is 1. The third kappa shape index (κ3) is 7.35. The maximum atomic E-state index is 14.9. The van der Waals surface area contributed by atoms with Gasteiger partial charge in [0.25, 0.3) is 17.7 Å². The summed E-state index contributed by atoms with van der Waals surface area (Å²) in [5.74, 6) is -4.01. The van der Waals surface area contributed by atoms with E-state index in [1.165, 1.54) is 12.1 Å². The van der Waals surface area contributed by atoms with Crippen LogP contribution in [-0.4, -0.2) is 114 Å². The maximum Gasteiger partial charge on any atom is 0.283 e. The third-order valence-corrected chi connectivity index (χ3v) is 10.3. The molecule has 3 saturated heterocycles. The Bertz CT molecular complexity index is 1640. The van der Waals surface area contributed by atoms with E-state index in [2.05, 4.69) is 31.1 Å². The highest BCUT2D eigenvalue weighted by molar-refractivity contribution is 9.10. The third-order valence-electron chi connectivity index (χ3n) is 9.84. The van der Waals surface area contributed by atoms with Crippen LogP contribution in [0.2, 0.25) is 0 Å². The second-order valence-corrected chi connectivity index (χ2v) is 14.5. The minimum Gasteiger partial charge on any atom is -0.490 e. The molecule has 1 saturated carbocycles. The molecule has 0 radical (unpaired) electrons. The van der Waals surface area contributed by atoms with Crippen molar-refractivity contribution in [1.82, 2.24) is 20.1 Å². The fraction of sp³-hybridized carbons (Fsp3) is 0.559. The Morgan fingerprint density at radius 2 is 1.69 bits per heavy atom. The molecule has 4 amide bonds. The number of ether oxygens (including phenoxy) is 3. The Hall–Kier alpha value is -3.53. The highest BCUT2D eigenvalue weighted by atomic mass is 79.9. The molecule has 15 heteroatoms. The number of anilines is 1. The van der Waals surface area contributed by atoms with Gasteiger partial charge in [-0.25, -0.2) is 13.8 Å². The molecule has 1 atom stereocenters. The van der Waals surface area contributed by atoms with E-state index in [-0.39, 0.29) is 54.9 Å². The van der Waals surface area contributed by atoms with Gasteiger partial charge in [-0.3, -0.25) is 34.3 Å². The normalized spacial score (nSPS) is 25.3. The van der Waals surface area contributed by atoms with E-state index in [9.17, 15) is 28.0 Å². The van der Waals surface area contributed by atoms with Gasteiger partial charge in [-0.2, -0.15) is 0 Å². The number of aryl methyl sites for hydroxylation is 1. The molecular formula is C34H38BrF2N5O7. The summed E-state index contributed by atoms with van der Waals surface area (Å²) in [5.41, 5.74) is 1.38. The Balaban J connectivity index is 0.800. The molecule has 2 aromatic rings. The number of fused-ring (bicyclic) bond motifs is 1. The SMILES string of the molecule is Cc1cc(Br)cnc1N1CC(OC2CCN(CC(F)(F)CO[C@H]3C[C@H](Oc4ccc5c(c4)C(=O)N(C4CCC(=O)NC4=O)C5=O)C3)CC2)C1. The van der Waals surface area contributed by atoms with Crippen LogP contribution in [0.3, 0.4) is 0 Å². The summed E-state index contributed by atoms with van der Waals surface area (Å²) in [6.45, 7) is 3.64. The fourth-order valence-electron chi connectivity index (χ4n) is 7.12. The van der Waals surface area contributed by atoms with Gasteiger partial charge in [0.15, 0.2) is 0 Å². The maximum absolute atomic E-state index is 14.9. The van der Waals surface area contributed by atoms with Crippen molar-refractivity contribution in [2.24, 2.45) is 0 Å². The highest BCUT2D eigenvalue weighted by Gasteiger charge is 2.45. The Morgan fingerprint density at radius 1 is 0.959 bits per heavy atom. The van der Waals surface area contributed by atoms with Gasteiger partial charge in [-0.15, -0.1) is 0 Å². The van der Waals surface area contributed by atoms with E-state index < -0.39 is 42.2 Å². The molecule has 12 nitrogen and oxygen atoms in total. The number of carbonyl (C=O) groups excluding carboxylic acids is 4. The van der Waals surface area contributed by atoms with Crippen LogP contribution in [0.4, 0.5) is 14.6 Å². The van der Waals surface area contributed by atoms with Crippen molar-refractivity contribution in [1.29, 1.82) is 0 Å². The zero-order valence-electron chi connectivity index (χ0n) is 27.0. The van der Waals surface area contributed by atoms with Gasteiger partial charge in [0.1, 0.15) is 30.3 Å². The Kier molecular flexibility index (Phi) is 9.45. The summed E-state index contributed by atoms with van der Waals surface area (Å²) in [5, 5.41) is 2.17. The summed E-state index contributed by atoms with van der Waals surface area (Å²) in [6, 6.07) is 5.50. The van der Waals surface area contributed by atoms with E-state index in [1.807, 2.05) is 13.0 Å². The lowest BCUT2D eigenvalue weighted by Gasteiger charge is -2.43. The first-order valence-electron chi connectivity index (χ1n) is 16.7. The Morgan fingerprint density at radius 3 is 2.41 bits per heavy atom. The largest absolute Gasteiger partial charge is 0.490 e. The number of alkyl halides is 2. The second-order valence-electron chi connectivity index (χ2n) is 13.6. The predicted octanol–water partition coefficient (Wildman–Crippen LogP) is 3.49. The van der Waals surface area contributed by atoms with Crippen LogP contribution in [0.25, 0.3) is 0 Å². The quantitative estimate of drug-likeness (QED) is 0.342. The van der Waals surface area contributed by atoms with Crippen molar-refractivity contribution in [3.63, 3.8) is 0 Å². The van der Waals surface area contributed by atoms with Crippen molar-refractivity contribution in [3.8, 4) is 5.75 Å². The molecular weight excluding hydrogens is 708 g/mol. The monoisotopic (exact) mass is 745 g/mol. The molecule has 0 spiro atoms. The van der Waals surface area contributed by atoms with Crippen molar-refractivity contribution in [2.45, 2.75) is 81.8 Å². The molecule has 262 valence electrons. The minimum atomic E-state index is -3.00. The standard InChI is InChI=1S/C34H38BrF2N5O7/c1-19-10-20(35)14-38-30(19)41-15-25(16-41)48-21-6-8-40(9-7-21)17-34(36,37)18-47-23-11-24(12-23)49-22-2-3-26-27(13-22)33(46)42(32(26)45)28-4-5-29(43)39-31(28)44/h2-3,10,13-14,21,23-25,28H,4-9,11-12,15-18H2,1H3,(H,39,43,44)/t23-,24-,28?. The molecule has 0 bridgehead atoms. The van der Waals surface area contributed by atoms with E-state index in [4.69, 9.17) is 14.2 Å². The van der Waals surface area contributed by atoms with Gasteiger partial charge >= 0.3 is 0 Å². The number of benzene rings is 1. The molecule has 1 unspecified atom stereocenters. The van der Waals surface area contributed by atoms with Crippen molar-refractivity contribution in [3.05, 3.63) is 51.6 Å². The number of likely N-dealkylation sites (tertiary alicyclic amines) is 1. The number of pyridine rings is 1. The van der Waals surface area contributed by atoms with Crippen LogP contribution in [0.15, 0.2) is 34.9 Å². The lowest BCUT2D eigenvalue weighted by molar-refractivity contribution is -0.147. The van der Waals surface area contributed by atoms with Crippen molar-refractivity contribution < 1.29 is 42.2 Å². The number of imide groups is 2. The van der Waals surface area contributed by atoms with Crippen LogP contribution in [0.5, 0.6) is 5.75 Å². The van der Waals surface area contributed by atoms with E-state index in [0.717, 1.165) is 33.8 Å². The van der Waals surface area contributed by atoms with Crippen molar-refractivity contribution in [2.75, 3.05) is 44.2 Å². The van der Waals surface area contributed by atoms with E-state index in [0.29, 0.717) is 44.5 Å². The van der Waals surface area contributed by atoms with Gasteiger partial charge in [-0.1, -0.05) is 0 Å². The molecule has 4 fully saturated rings. The zero-order chi connectivity index (χ0) is 34.4. The summed E-state index contributed by atoms with van der Waals surface area (Å²) in [6.07, 6.45) is 3.69. The van der Waals surface area contributed by atoms with Crippen molar-refractivity contribution >= 4 is 45.4 Å². The molecule has 4 aliphatic heterocycles. The van der Waals surface area contributed by atoms with Gasteiger partial charge in [-0.05, 0) is 71.9 Å². The molecule has 1 N–H and O–H groups in total. The fourth-order valence-corrected chi connectivity index (χ4v) is 7.56. The average Bonchev–Trinajstić information content (AvgIpc) is 3.25. The lowest BCUT2D eigenvalue weighted by Crippen LogP contribution is -2.55. The number of halogens is 3. The van der Waals surface area contributed by atoms with E-state index >= 15 is 0 Å². The number of aromatic nitrogens is 1. The second kappa shape index (κ2) is 13.6. The number of piperidine rings is 2. The number of hydrogen-bond acceptors (Lipinski definition) is 10. The predicted molar refractivity (Wildman–Crippen MR) is 175 cm³/mol. The minimum absolute atomic E-state index is 0.0378. The average molecular weight is 747 g/mol. The number of hydrogen-bond donors (Lipinski definition) is 1. The number of rotatable bonds is 11.